The summed E-state index contributed by atoms with van der Waals surface area (Å²) in [4.78, 5) is 24.4. The molecule has 3 aromatic carbocycles. The van der Waals surface area contributed by atoms with Gasteiger partial charge in [0.05, 0.1) is 5.56 Å². The molecule has 1 aliphatic heterocycles. The van der Waals surface area contributed by atoms with Gasteiger partial charge in [0, 0.05) is 5.56 Å². The molecule has 0 bridgehead atoms. The minimum absolute atomic E-state index is 0.194. The molecule has 0 aromatic heterocycles. The monoisotopic (exact) mass is 390 g/mol. The highest BCUT2D eigenvalue weighted by molar-refractivity contribution is 6.07. The van der Waals surface area contributed by atoms with Crippen molar-refractivity contribution in [1.29, 1.82) is 0 Å². The van der Waals surface area contributed by atoms with E-state index in [1.165, 1.54) is 42.5 Å². The third-order valence-corrected chi connectivity index (χ3v) is 4.25. The van der Waals surface area contributed by atoms with Crippen LogP contribution in [0, 0.1) is 5.82 Å². The van der Waals surface area contributed by atoms with E-state index in [1.807, 2.05) is 6.07 Å². The Morgan fingerprint density at radius 1 is 0.862 bits per heavy atom. The summed E-state index contributed by atoms with van der Waals surface area (Å²) in [7, 11) is 0. The van der Waals surface area contributed by atoms with Gasteiger partial charge in [0.2, 0.25) is 6.79 Å². The van der Waals surface area contributed by atoms with Crippen molar-refractivity contribution in [3.8, 4) is 17.2 Å². The van der Waals surface area contributed by atoms with Crippen molar-refractivity contribution in [3.05, 3.63) is 95.3 Å². The Hall–Kier alpha value is -3.93. The van der Waals surface area contributed by atoms with Gasteiger partial charge in [0.1, 0.15) is 11.6 Å². The standard InChI is InChI=1S/C23H15FO5/c24-18-7-3-17(4-8-18)23(26)29-19-9-5-16(6-10-19)20(25)11-1-15-2-12-21-22(13-15)28-14-27-21/h1-13H,14H2. The number of ether oxygens (including phenoxy) is 3. The van der Waals surface area contributed by atoms with Crippen LogP contribution in [0.2, 0.25) is 0 Å². The second kappa shape index (κ2) is 7.98. The zero-order valence-electron chi connectivity index (χ0n) is 15.1. The van der Waals surface area contributed by atoms with E-state index in [1.54, 1.807) is 30.3 Å². The predicted octanol–water partition coefficient (Wildman–Crippen LogP) is 4.67. The number of ketones is 1. The molecule has 0 saturated carbocycles. The van der Waals surface area contributed by atoms with Crippen LogP contribution in [0.5, 0.6) is 17.2 Å². The average Bonchev–Trinajstić information content (AvgIpc) is 3.21. The van der Waals surface area contributed by atoms with E-state index in [2.05, 4.69) is 0 Å². The van der Waals surface area contributed by atoms with Crippen LogP contribution >= 0.6 is 0 Å². The molecule has 144 valence electrons. The van der Waals surface area contributed by atoms with Crippen LogP contribution in [-0.4, -0.2) is 18.5 Å². The normalized spacial score (nSPS) is 12.2. The molecule has 29 heavy (non-hydrogen) atoms. The largest absolute Gasteiger partial charge is 0.454 e. The van der Waals surface area contributed by atoms with Crippen LogP contribution in [0.25, 0.3) is 6.08 Å². The predicted molar refractivity (Wildman–Crippen MR) is 104 cm³/mol. The molecule has 0 atom stereocenters. The second-order valence-electron chi connectivity index (χ2n) is 6.23. The van der Waals surface area contributed by atoms with Crippen molar-refractivity contribution >= 4 is 17.8 Å². The summed E-state index contributed by atoms with van der Waals surface area (Å²) in [6, 6.07) is 16.7. The molecule has 0 aliphatic carbocycles. The van der Waals surface area contributed by atoms with Crippen LogP contribution in [0.4, 0.5) is 4.39 Å². The first-order chi connectivity index (χ1) is 14.1. The Balaban J connectivity index is 1.40. The smallest absolute Gasteiger partial charge is 0.343 e. The molecule has 0 spiro atoms. The number of benzene rings is 3. The molecule has 0 unspecified atom stereocenters. The maximum Gasteiger partial charge on any atom is 0.343 e. The maximum atomic E-state index is 12.9. The fraction of sp³-hybridized carbons (Fsp3) is 0.0435. The van der Waals surface area contributed by atoms with Crippen molar-refractivity contribution < 1.29 is 28.2 Å². The number of esters is 1. The molecular formula is C23H15FO5. The van der Waals surface area contributed by atoms with E-state index in [4.69, 9.17) is 14.2 Å². The SMILES string of the molecule is O=C(C=Cc1ccc2c(c1)OCO2)c1ccc(OC(=O)c2ccc(F)cc2)cc1. The first-order valence-corrected chi connectivity index (χ1v) is 8.78. The van der Waals surface area contributed by atoms with Gasteiger partial charge in [-0.25, -0.2) is 9.18 Å². The molecule has 1 aliphatic rings. The Bertz CT molecular complexity index is 1090. The van der Waals surface area contributed by atoms with Crippen molar-refractivity contribution in [2.45, 2.75) is 0 Å². The summed E-state index contributed by atoms with van der Waals surface area (Å²) in [5.41, 5.74) is 1.49. The highest BCUT2D eigenvalue weighted by Crippen LogP contribution is 2.32. The van der Waals surface area contributed by atoms with Crippen LogP contribution in [-0.2, 0) is 0 Å². The number of hydrogen-bond acceptors (Lipinski definition) is 5. The number of fused-ring (bicyclic) bond motifs is 1. The number of carbonyl (C=O) groups excluding carboxylic acids is 2. The first kappa shape index (κ1) is 18.4. The van der Waals surface area contributed by atoms with Crippen molar-refractivity contribution in [2.75, 3.05) is 6.79 Å². The Kier molecular flexibility index (Phi) is 5.07. The fourth-order valence-electron chi connectivity index (χ4n) is 2.72. The van der Waals surface area contributed by atoms with Gasteiger partial charge in [-0.1, -0.05) is 12.1 Å². The molecule has 1 heterocycles. The summed E-state index contributed by atoms with van der Waals surface area (Å²) < 4.78 is 28.7. The molecule has 6 heteroatoms. The van der Waals surface area contributed by atoms with Gasteiger partial charge in [-0.2, -0.15) is 0 Å². The highest BCUT2D eigenvalue weighted by atomic mass is 19.1. The Labute approximate surface area is 166 Å². The van der Waals surface area contributed by atoms with Gasteiger partial charge in [-0.05, 0) is 72.3 Å². The number of allylic oxidation sites excluding steroid dienone is 1. The number of carbonyl (C=O) groups is 2. The number of rotatable bonds is 5. The Morgan fingerprint density at radius 2 is 1.55 bits per heavy atom. The van der Waals surface area contributed by atoms with Crippen molar-refractivity contribution in [2.24, 2.45) is 0 Å². The first-order valence-electron chi connectivity index (χ1n) is 8.78. The summed E-state index contributed by atoms with van der Waals surface area (Å²) in [5.74, 6) is 0.380. The molecule has 0 fully saturated rings. The zero-order chi connectivity index (χ0) is 20.2. The van der Waals surface area contributed by atoms with E-state index < -0.39 is 11.8 Å². The van der Waals surface area contributed by atoms with Gasteiger partial charge >= 0.3 is 5.97 Å². The lowest BCUT2D eigenvalue weighted by molar-refractivity contribution is 0.0734. The third-order valence-electron chi connectivity index (χ3n) is 4.25. The molecule has 0 saturated heterocycles. The van der Waals surface area contributed by atoms with Crippen LogP contribution in [0.3, 0.4) is 0 Å². The summed E-state index contributed by atoms with van der Waals surface area (Å²) >= 11 is 0. The lowest BCUT2D eigenvalue weighted by atomic mass is 10.1. The van der Waals surface area contributed by atoms with Gasteiger partial charge in [0.25, 0.3) is 0 Å². The molecule has 3 aromatic rings. The molecule has 0 amide bonds. The van der Waals surface area contributed by atoms with Crippen molar-refractivity contribution in [3.63, 3.8) is 0 Å². The minimum atomic E-state index is -0.605. The van der Waals surface area contributed by atoms with Gasteiger partial charge in [0.15, 0.2) is 17.3 Å². The topological polar surface area (TPSA) is 61.8 Å². The van der Waals surface area contributed by atoms with Crippen LogP contribution < -0.4 is 14.2 Å². The number of halogens is 1. The van der Waals surface area contributed by atoms with E-state index in [0.29, 0.717) is 17.1 Å². The van der Waals surface area contributed by atoms with Crippen LogP contribution in [0.1, 0.15) is 26.3 Å². The van der Waals surface area contributed by atoms with E-state index >= 15 is 0 Å². The van der Waals surface area contributed by atoms with Gasteiger partial charge < -0.3 is 14.2 Å². The summed E-state index contributed by atoms with van der Waals surface area (Å²) in [5, 5.41) is 0. The highest BCUT2D eigenvalue weighted by Gasteiger charge is 2.13. The minimum Gasteiger partial charge on any atom is -0.454 e. The molecule has 4 rings (SSSR count). The Morgan fingerprint density at radius 3 is 2.31 bits per heavy atom. The van der Waals surface area contributed by atoms with E-state index in [-0.39, 0.29) is 23.9 Å². The lowest BCUT2D eigenvalue weighted by Crippen LogP contribution is -2.08. The van der Waals surface area contributed by atoms with Gasteiger partial charge in [-0.15, -0.1) is 0 Å². The van der Waals surface area contributed by atoms with Gasteiger partial charge in [-0.3, -0.25) is 4.79 Å². The van der Waals surface area contributed by atoms with E-state index in [0.717, 1.165) is 5.56 Å². The average molecular weight is 390 g/mol. The zero-order valence-corrected chi connectivity index (χ0v) is 15.1. The molecule has 5 nitrogen and oxygen atoms in total. The molecule has 0 N–H and O–H groups in total. The molecule has 0 radical (unpaired) electrons. The third kappa shape index (κ3) is 4.32. The lowest BCUT2D eigenvalue weighted by Gasteiger charge is -2.05. The summed E-state index contributed by atoms with van der Waals surface area (Å²) in [6.07, 6.45) is 3.14. The summed E-state index contributed by atoms with van der Waals surface area (Å²) in [6.45, 7) is 0.194. The quantitative estimate of drug-likeness (QED) is 0.274. The number of hydrogen-bond donors (Lipinski definition) is 0. The van der Waals surface area contributed by atoms with Crippen LogP contribution in [0.15, 0.2) is 72.8 Å². The second-order valence-corrected chi connectivity index (χ2v) is 6.23. The van der Waals surface area contributed by atoms with Crippen molar-refractivity contribution in [1.82, 2.24) is 0 Å². The molecular weight excluding hydrogens is 375 g/mol. The van der Waals surface area contributed by atoms with E-state index in [9.17, 15) is 14.0 Å². The fourth-order valence-corrected chi connectivity index (χ4v) is 2.72. The maximum absolute atomic E-state index is 12.9.